The number of nitrogens with zero attached hydrogens (tertiary/aromatic N) is 4. The smallest absolute Gasteiger partial charge is 0.291 e. The van der Waals surface area contributed by atoms with E-state index in [1.807, 2.05) is 19.0 Å². The van der Waals surface area contributed by atoms with Gasteiger partial charge in [-0.25, -0.2) is 9.67 Å². The van der Waals surface area contributed by atoms with E-state index < -0.39 is 0 Å². The Bertz CT molecular complexity index is 986. The molecular weight excluding hydrogens is 421 g/mol. The molecule has 1 aromatic heterocycles. The maximum atomic E-state index is 12.5. The Morgan fingerprint density at radius 2 is 1.75 bits per heavy atom. The molecule has 1 amide bonds. The maximum Gasteiger partial charge on any atom is 0.291 e. The van der Waals surface area contributed by atoms with Crippen LogP contribution in [0, 0.1) is 0 Å². The fourth-order valence-corrected chi connectivity index (χ4v) is 3.11. The van der Waals surface area contributed by atoms with Crippen LogP contribution in [0.4, 0.5) is 0 Å². The molecule has 0 aliphatic heterocycles. The summed E-state index contributed by atoms with van der Waals surface area (Å²) in [5.74, 6) is 0.123. The standard InChI is InChI=1S/C19H18Cl3N5O/c1-26(2)10-9-23-19(28)17-24-18(15-8-5-13(21)11-16(15)22)27(25-17)14-6-3-12(20)4-7-14/h3-8,11H,9-10H2,1-2H3,(H,23,28). The van der Waals surface area contributed by atoms with Crippen molar-refractivity contribution >= 4 is 40.7 Å². The lowest BCUT2D eigenvalue weighted by Crippen LogP contribution is -2.32. The lowest BCUT2D eigenvalue weighted by atomic mass is 10.2. The van der Waals surface area contributed by atoms with Gasteiger partial charge < -0.3 is 10.2 Å². The summed E-state index contributed by atoms with van der Waals surface area (Å²) in [5.41, 5.74) is 1.31. The van der Waals surface area contributed by atoms with Gasteiger partial charge in [-0.1, -0.05) is 34.8 Å². The molecule has 0 spiro atoms. The van der Waals surface area contributed by atoms with Gasteiger partial charge in [0.2, 0.25) is 5.82 Å². The molecule has 0 fully saturated rings. The van der Waals surface area contributed by atoms with Gasteiger partial charge in [-0.05, 0) is 56.6 Å². The first-order valence-electron chi connectivity index (χ1n) is 8.46. The van der Waals surface area contributed by atoms with Crippen molar-refractivity contribution < 1.29 is 4.79 Å². The first kappa shape index (κ1) is 20.6. The van der Waals surface area contributed by atoms with Gasteiger partial charge in [0.15, 0.2) is 5.82 Å². The Kier molecular flexibility index (Phi) is 6.57. The molecule has 0 bridgehead atoms. The molecule has 1 N–H and O–H groups in total. The highest BCUT2D eigenvalue weighted by Gasteiger charge is 2.20. The average Bonchev–Trinajstić information content (AvgIpc) is 3.07. The maximum absolute atomic E-state index is 12.5. The van der Waals surface area contributed by atoms with Crippen LogP contribution in [0.15, 0.2) is 42.5 Å². The van der Waals surface area contributed by atoms with E-state index in [0.29, 0.717) is 45.2 Å². The summed E-state index contributed by atoms with van der Waals surface area (Å²) in [6.45, 7) is 1.19. The van der Waals surface area contributed by atoms with Crippen molar-refractivity contribution in [2.24, 2.45) is 0 Å². The quantitative estimate of drug-likeness (QED) is 0.627. The molecule has 0 aliphatic carbocycles. The van der Waals surface area contributed by atoms with E-state index >= 15 is 0 Å². The highest BCUT2D eigenvalue weighted by Crippen LogP contribution is 2.31. The number of halogens is 3. The zero-order valence-electron chi connectivity index (χ0n) is 15.3. The number of hydrogen-bond donors (Lipinski definition) is 1. The summed E-state index contributed by atoms with van der Waals surface area (Å²) in [4.78, 5) is 18.9. The number of nitrogens with one attached hydrogen (secondary N) is 1. The Morgan fingerprint density at radius 3 is 2.39 bits per heavy atom. The average molecular weight is 439 g/mol. The van der Waals surface area contributed by atoms with Crippen LogP contribution in [0.3, 0.4) is 0 Å². The zero-order valence-corrected chi connectivity index (χ0v) is 17.6. The largest absolute Gasteiger partial charge is 0.348 e. The van der Waals surface area contributed by atoms with Crippen LogP contribution in [0.5, 0.6) is 0 Å². The number of benzene rings is 2. The molecule has 0 saturated carbocycles. The van der Waals surface area contributed by atoms with Crippen molar-refractivity contribution in [3.8, 4) is 17.1 Å². The number of rotatable bonds is 6. The van der Waals surface area contributed by atoms with Gasteiger partial charge in [-0.2, -0.15) is 0 Å². The van der Waals surface area contributed by atoms with Gasteiger partial charge in [0.05, 0.1) is 10.7 Å². The highest BCUT2D eigenvalue weighted by atomic mass is 35.5. The third kappa shape index (κ3) is 4.83. The van der Waals surface area contributed by atoms with Gasteiger partial charge in [-0.3, -0.25) is 4.79 Å². The fraction of sp³-hybridized carbons (Fsp3) is 0.211. The van der Waals surface area contributed by atoms with Crippen LogP contribution < -0.4 is 5.32 Å². The summed E-state index contributed by atoms with van der Waals surface area (Å²) >= 11 is 18.4. The molecule has 28 heavy (non-hydrogen) atoms. The van der Waals surface area contributed by atoms with Crippen LogP contribution in [0.2, 0.25) is 15.1 Å². The van der Waals surface area contributed by atoms with E-state index in [4.69, 9.17) is 34.8 Å². The topological polar surface area (TPSA) is 63.1 Å². The number of carbonyl (C=O) groups excluding carboxylic acids is 1. The second kappa shape index (κ2) is 8.92. The summed E-state index contributed by atoms with van der Waals surface area (Å²) < 4.78 is 1.56. The van der Waals surface area contributed by atoms with Crippen LogP contribution in [-0.4, -0.2) is 52.8 Å². The van der Waals surface area contributed by atoms with Gasteiger partial charge in [-0.15, -0.1) is 5.10 Å². The predicted octanol–water partition coefficient (Wildman–Crippen LogP) is 4.19. The van der Waals surface area contributed by atoms with Crippen molar-refractivity contribution in [3.05, 3.63) is 63.4 Å². The Morgan fingerprint density at radius 1 is 1.07 bits per heavy atom. The Labute approximate surface area is 178 Å². The van der Waals surface area contributed by atoms with Gasteiger partial charge >= 0.3 is 0 Å². The summed E-state index contributed by atoms with van der Waals surface area (Å²) in [6.07, 6.45) is 0. The molecule has 3 aromatic rings. The molecule has 146 valence electrons. The van der Waals surface area contributed by atoms with Gasteiger partial charge in [0, 0.05) is 28.7 Å². The van der Waals surface area contributed by atoms with Crippen LogP contribution in [0.25, 0.3) is 17.1 Å². The Hall–Kier alpha value is -2.12. The molecular formula is C19H18Cl3N5O. The van der Waals surface area contributed by atoms with Crippen LogP contribution in [0.1, 0.15) is 10.6 Å². The normalized spacial score (nSPS) is 11.1. The minimum absolute atomic E-state index is 0.0507. The molecule has 0 saturated heterocycles. The van der Waals surface area contributed by atoms with Gasteiger partial charge in [0.1, 0.15) is 0 Å². The molecule has 0 aliphatic rings. The van der Waals surface area contributed by atoms with E-state index in [-0.39, 0.29) is 11.7 Å². The van der Waals surface area contributed by atoms with Crippen molar-refractivity contribution in [2.75, 3.05) is 27.2 Å². The number of likely N-dealkylation sites (N-methyl/N-ethyl adjacent to an activating group) is 1. The van der Waals surface area contributed by atoms with Crippen LogP contribution >= 0.6 is 34.8 Å². The molecule has 0 unspecified atom stereocenters. The van der Waals surface area contributed by atoms with Gasteiger partial charge in [0.25, 0.3) is 5.91 Å². The number of amides is 1. The highest BCUT2D eigenvalue weighted by molar-refractivity contribution is 6.36. The third-order valence-electron chi connectivity index (χ3n) is 3.90. The lowest BCUT2D eigenvalue weighted by molar-refractivity contribution is 0.0941. The second-order valence-electron chi connectivity index (χ2n) is 6.33. The van der Waals surface area contributed by atoms with Crippen molar-refractivity contribution in [3.63, 3.8) is 0 Å². The molecule has 0 radical (unpaired) electrons. The Balaban J connectivity index is 2.02. The van der Waals surface area contributed by atoms with Crippen molar-refractivity contribution in [1.29, 1.82) is 0 Å². The molecule has 3 rings (SSSR count). The van der Waals surface area contributed by atoms with Crippen LogP contribution in [-0.2, 0) is 0 Å². The first-order valence-corrected chi connectivity index (χ1v) is 9.60. The molecule has 1 heterocycles. The van der Waals surface area contributed by atoms with E-state index in [1.165, 1.54) is 0 Å². The van der Waals surface area contributed by atoms with Crippen molar-refractivity contribution in [2.45, 2.75) is 0 Å². The monoisotopic (exact) mass is 437 g/mol. The SMILES string of the molecule is CN(C)CCNC(=O)c1nc(-c2ccc(Cl)cc2Cl)n(-c2ccc(Cl)cc2)n1. The second-order valence-corrected chi connectivity index (χ2v) is 7.61. The number of aromatic nitrogens is 3. The molecule has 2 aromatic carbocycles. The molecule has 9 heteroatoms. The predicted molar refractivity (Wildman–Crippen MR) is 113 cm³/mol. The minimum Gasteiger partial charge on any atom is -0.348 e. The summed E-state index contributed by atoms with van der Waals surface area (Å²) in [5, 5.41) is 8.72. The lowest BCUT2D eigenvalue weighted by Gasteiger charge is -2.08. The number of carbonyl (C=O) groups is 1. The summed E-state index contributed by atoms with van der Waals surface area (Å²) in [6, 6.07) is 12.1. The zero-order chi connectivity index (χ0) is 20.3. The summed E-state index contributed by atoms with van der Waals surface area (Å²) in [7, 11) is 3.86. The molecule has 6 nitrogen and oxygen atoms in total. The van der Waals surface area contributed by atoms with E-state index in [2.05, 4.69) is 15.4 Å². The number of hydrogen-bond acceptors (Lipinski definition) is 4. The van der Waals surface area contributed by atoms with E-state index in [1.54, 1.807) is 47.1 Å². The van der Waals surface area contributed by atoms with E-state index in [9.17, 15) is 4.79 Å². The third-order valence-corrected chi connectivity index (χ3v) is 4.70. The fourth-order valence-electron chi connectivity index (χ4n) is 2.49. The van der Waals surface area contributed by atoms with Crippen molar-refractivity contribution in [1.82, 2.24) is 25.0 Å². The minimum atomic E-state index is -0.360. The molecule has 0 atom stereocenters. The first-order chi connectivity index (χ1) is 13.3. The van der Waals surface area contributed by atoms with E-state index in [0.717, 1.165) is 0 Å².